The van der Waals surface area contributed by atoms with Gasteiger partial charge in [0.15, 0.2) is 0 Å². The van der Waals surface area contributed by atoms with Gasteiger partial charge in [-0.25, -0.2) is 0 Å². The predicted octanol–water partition coefficient (Wildman–Crippen LogP) is 3.01. The second-order valence-corrected chi connectivity index (χ2v) is 6.31. The molecule has 2 rings (SSSR count). The van der Waals surface area contributed by atoms with Crippen LogP contribution in [0.15, 0.2) is 24.3 Å². The van der Waals surface area contributed by atoms with E-state index in [1.807, 2.05) is 38.1 Å². The van der Waals surface area contributed by atoms with Crippen LogP contribution in [0.2, 0.25) is 0 Å². The second-order valence-electron chi connectivity index (χ2n) is 6.31. The number of benzene rings is 1. The van der Waals surface area contributed by atoms with Gasteiger partial charge in [-0.2, -0.15) is 0 Å². The van der Waals surface area contributed by atoms with Gasteiger partial charge >= 0.3 is 0 Å². The van der Waals surface area contributed by atoms with E-state index in [4.69, 9.17) is 0 Å². The molecule has 1 heterocycles. The van der Waals surface area contributed by atoms with Gasteiger partial charge < -0.3 is 10.2 Å². The zero-order chi connectivity index (χ0) is 15.6. The highest BCUT2D eigenvalue weighted by Crippen LogP contribution is 2.22. The zero-order valence-electron chi connectivity index (χ0n) is 13.2. The van der Waals surface area contributed by atoms with Crippen LogP contribution < -0.4 is 5.32 Å². The first-order chi connectivity index (χ1) is 9.88. The number of nitrogens with one attached hydrogen (secondary N) is 1. The average Bonchev–Trinajstić information content (AvgIpc) is 2.81. The van der Waals surface area contributed by atoms with E-state index < -0.39 is 0 Å². The van der Waals surface area contributed by atoms with E-state index in [1.165, 1.54) is 5.56 Å². The summed E-state index contributed by atoms with van der Waals surface area (Å²) in [6.07, 6.45) is 0.314. The maximum absolute atomic E-state index is 12.3. The minimum atomic E-state index is -0.246. The van der Waals surface area contributed by atoms with E-state index in [2.05, 4.69) is 19.2 Å². The lowest BCUT2D eigenvalue weighted by atomic mass is 10.0. The van der Waals surface area contributed by atoms with Gasteiger partial charge in [0.1, 0.15) is 0 Å². The number of carbonyl (C=O) groups excluding carboxylic acids is 2. The molecule has 4 nitrogen and oxygen atoms in total. The lowest BCUT2D eigenvalue weighted by Crippen LogP contribution is -2.33. The normalized spacial score (nSPS) is 18.7. The highest BCUT2D eigenvalue weighted by Gasteiger charge is 2.35. The van der Waals surface area contributed by atoms with Crippen LogP contribution in [0.4, 0.5) is 5.69 Å². The Bertz CT molecular complexity index is 520. The molecule has 0 unspecified atom stereocenters. The summed E-state index contributed by atoms with van der Waals surface area (Å²) in [6.45, 7) is 8.74. The number of nitrogens with zero attached hydrogens (tertiary/aromatic N) is 1. The quantitative estimate of drug-likeness (QED) is 0.926. The summed E-state index contributed by atoms with van der Waals surface area (Å²) in [4.78, 5) is 25.9. The Morgan fingerprint density at radius 3 is 2.29 bits per heavy atom. The minimum Gasteiger partial charge on any atom is -0.339 e. The number of amides is 2. The number of hydrogen-bond acceptors (Lipinski definition) is 2. The molecule has 1 aromatic carbocycles. The molecule has 1 atom stereocenters. The summed E-state index contributed by atoms with van der Waals surface area (Å²) >= 11 is 0. The number of carbonyl (C=O) groups is 2. The Labute approximate surface area is 126 Å². The summed E-state index contributed by atoms with van der Waals surface area (Å²) in [7, 11) is 0. The third-order valence-electron chi connectivity index (χ3n) is 4.00. The van der Waals surface area contributed by atoms with E-state index in [1.54, 1.807) is 4.90 Å². The third kappa shape index (κ3) is 3.63. The van der Waals surface area contributed by atoms with Crippen molar-refractivity contribution in [3.63, 3.8) is 0 Å². The summed E-state index contributed by atoms with van der Waals surface area (Å²) in [5.74, 6) is 0.232. The van der Waals surface area contributed by atoms with Gasteiger partial charge in [0.2, 0.25) is 11.8 Å². The molecular formula is C17H24N2O2. The molecule has 4 heteroatoms. The molecule has 1 N–H and O–H groups in total. The topological polar surface area (TPSA) is 49.4 Å². The van der Waals surface area contributed by atoms with Crippen LogP contribution >= 0.6 is 0 Å². The zero-order valence-corrected chi connectivity index (χ0v) is 13.2. The summed E-state index contributed by atoms with van der Waals surface area (Å²) in [5, 5.41) is 2.91. The van der Waals surface area contributed by atoms with E-state index in [-0.39, 0.29) is 23.8 Å². The maximum atomic E-state index is 12.3. The molecule has 1 aromatic rings. The standard InChI is InChI=1S/C17H24N2O2/c1-11(2)13-5-7-15(8-6-13)18-17(21)14-9-16(20)19(10-14)12(3)4/h5-8,11-12,14H,9-10H2,1-4H3,(H,18,21)/t14-/m1/s1. The fraction of sp³-hybridized carbons (Fsp3) is 0.529. The van der Waals surface area contributed by atoms with Crippen LogP contribution in [0.1, 0.15) is 45.6 Å². The number of hydrogen-bond donors (Lipinski definition) is 1. The van der Waals surface area contributed by atoms with Crippen molar-refractivity contribution in [2.75, 3.05) is 11.9 Å². The molecule has 0 aromatic heterocycles. The molecule has 0 aliphatic carbocycles. The van der Waals surface area contributed by atoms with Crippen molar-refractivity contribution >= 4 is 17.5 Å². The first-order valence-electron chi connectivity index (χ1n) is 7.58. The molecule has 1 aliphatic heterocycles. The average molecular weight is 288 g/mol. The van der Waals surface area contributed by atoms with Gasteiger partial charge in [-0.05, 0) is 37.5 Å². The fourth-order valence-corrected chi connectivity index (χ4v) is 2.60. The summed E-state index contributed by atoms with van der Waals surface area (Å²) < 4.78 is 0. The summed E-state index contributed by atoms with van der Waals surface area (Å²) in [5.41, 5.74) is 2.04. The van der Waals surface area contributed by atoms with Crippen molar-refractivity contribution in [2.45, 2.75) is 46.1 Å². The van der Waals surface area contributed by atoms with E-state index in [0.29, 0.717) is 18.9 Å². The first kappa shape index (κ1) is 15.5. The SMILES string of the molecule is CC(C)c1ccc(NC(=O)[C@@H]2CC(=O)N(C(C)C)C2)cc1. The molecule has 1 aliphatic rings. The molecule has 1 fully saturated rings. The van der Waals surface area contributed by atoms with Crippen molar-refractivity contribution in [1.29, 1.82) is 0 Å². The van der Waals surface area contributed by atoms with Crippen LogP contribution in [0.5, 0.6) is 0 Å². The Hall–Kier alpha value is -1.84. The second kappa shape index (κ2) is 6.29. The molecule has 0 bridgehead atoms. The van der Waals surface area contributed by atoms with Gasteiger partial charge in [-0.15, -0.1) is 0 Å². The molecule has 2 amide bonds. The van der Waals surface area contributed by atoms with Crippen molar-refractivity contribution in [1.82, 2.24) is 4.90 Å². The number of likely N-dealkylation sites (tertiary alicyclic amines) is 1. The van der Waals surface area contributed by atoms with Gasteiger partial charge in [0.25, 0.3) is 0 Å². The predicted molar refractivity (Wildman–Crippen MR) is 84.1 cm³/mol. The molecular weight excluding hydrogens is 264 g/mol. The van der Waals surface area contributed by atoms with Gasteiger partial charge in [0, 0.05) is 24.7 Å². The van der Waals surface area contributed by atoms with Crippen LogP contribution in [0.25, 0.3) is 0 Å². The van der Waals surface area contributed by atoms with Crippen LogP contribution in [-0.4, -0.2) is 29.3 Å². The third-order valence-corrected chi connectivity index (χ3v) is 4.00. The largest absolute Gasteiger partial charge is 0.339 e. The molecule has 0 saturated carbocycles. The number of rotatable bonds is 4. The Morgan fingerprint density at radius 2 is 1.81 bits per heavy atom. The summed E-state index contributed by atoms with van der Waals surface area (Å²) in [6, 6.07) is 8.05. The Balaban J connectivity index is 1.97. The van der Waals surface area contributed by atoms with Gasteiger partial charge in [-0.3, -0.25) is 9.59 Å². The van der Waals surface area contributed by atoms with Gasteiger partial charge in [-0.1, -0.05) is 26.0 Å². The van der Waals surface area contributed by atoms with Gasteiger partial charge in [0.05, 0.1) is 5.92 Å². The lowest BCUT2D eigenvalue weighted by Gasteiger charge is -2.20. The molecule has 21 heavy (non-hydrogen) atoms. The highest BCUT2D eigenvalue weighted by molar-refractivity contribution is 5.97. The Kier molecular flexibility index (Phi) is 4.66. The van der Waals surface area contributed by atoms with Crippen LogP contribution in [0, 0.1) is 5.92 Å². The van der Waals surface area contributed by atoms with E-state index in [9.17, 15) is 9.59 Å². The Morgan fingerprint density at radius 1 is 1.19 bits per heavy atom. The van der Waals surface area contributed by atoms with Crippen LogP contribution in [-0.2, 0) is 9.59 Å². The molecule has 0 radical (unpaired) electrons. The molecule has 0 spiro atoms. The lowest BCUT2D eigenvalue weighted by molar-refractivity contribution is -0.129. The van der Waals surface area contributed by atoms with Crippen molar-refractivity contribution < 1.29 is 9.59 Å². The van der Waals surface area contributed by atoms with E-state index >= 15 is 0 Å². The first-order valence-corrected chi connectivity index (χ1v) is 7.58. The maximum Gasteiger partial charge on any atom is 0.229 e. The minimum absolute atomic E-state index is 0.0659. The highest BCUT2D eigenvalue weighted by atomic mass is 16.2. The van der Waals surface area contributed by atoms with Crippen molar-refractivity contribution in [3.8, 4) is 0 Å². The van der Waals surface area contributed by atoms with Crippen molar-refractivity contribution in [3.05, 3.63) is 29.8 Å². The fourth-order valence-electron chi connectivity index (χ4n) is 2.60. The molecule has 114 valence electrons. The number of anilines is 1. The van der Waals surface area contributed by atoms with Crippen molar-refractivity contribution in [2.24, 2.45) is 5.92 Å². The molecule has 1 saturated heterocycles. The smallest absolute Gasteiger partial charge is 0.229 e. The van der Waals surface area contributed by atoms with Crippen LogP contribution in [0.3, 0.4) is 0 Å². The van der Waals surface area contributed by atoms with E-state index in [0.717, 1.165) is 5.69 Å². The monoisotopic (exact) mass is 288 g/mol.